The van der Waals surface area contributed by atoms with Crippen LogP contribution in [0.15, 0.2) is 18.2 Å². The first kappa shape index (κ1) is 15.4. The summed E-state index contributed by atoms with van der Waals surface area (Å²) >= 11 is 0. The van der Waals surface area contributed by atoms with E-state index in [4.69, 9.17) is 5.73 Å². The van der Waals surface area contributed by atoms with E-state index in [-0.39, 0.29) is 17.9 Å². The highest BCUT2D eigenvalue weighted by Gasteiger charge is 2.38. The summed E-state index contributed by atoms with van der Waals surface area (Å²) in [5.41, 5.74) is 4.43. The maximum Gasteiger partial charge on any atom is 0.218 e. The van der Waals surface area contributed by atoms with Crippen LogP contribution in [0, 0.1) is 23.0 Å². The first-order chi connectivity index (χ1) is 9.97. The molecule has 2 rings (SSSR count). The van der Waals surface area contributed by atoms with Crippen LogP contribution < -0.4 is 5.73 Å². The Morgan fingerprint density at radius 3 is 2.57 bits per heavy atom. The van der Waals surface area contributed by atoms with Crippen molar-refractivity contribution in [1.29, 1.82) is 5.26 Å². The van der Waals surface area contributed by atoms with Gasteiger partial charge in [-0.2, -0.15) is 5.26 Å². The molecule has 0 spiro atoms. The quantitative estimate of drug-likeness (QED) is 0.918. The number of hydrogen-bond donors (Lipinski definition) is 1. The van der Waals surface area contributed by atoms with Crippen molar-refractivity contribution in [3.05, 3.63) is 35.4 Å². The molecule has 21 heavy (non-hydrogen) atoms. The van der Waals surface area contributed by atoms with Gasteiger partial charge in [0, 0.05) is 24.6 Å². The predicted octanol–water partition coefficient (Wildman–Crippen LogP) is 1.70. The largest absolute Gasteiger partial charge is 0.370 e. The zero-order valence-corrected chi connectivity index (χ0v) is 11.6. The van der Waals surface area contributed by atoms with Gasteiger partial charge in [-0.25, -0.2) is 8.78 Å². The van der Waals surface area contributed by atoms with Crippen molar-refractivity contribution in [2.24, 2.45) is 5.73 Å². The van der Waals surface area contributed by atoms with E-state index in [1.807, 2.05) is 4.90 Å². The molecule has 0 radical (unpaired) electrons. The van der Waals surface area contributed by atoms with Crippen molar-refractivity contribution in [3.63, 3.8) is 0 Å². The molecule has 1 saturated heterocycles. The monoisotopic (exact) mass is 293 g/mol. The fourth-order valence-corrected chi connectivity index (χ4v) is 2.75. The summed E-state index contributed by atoms with van der Waals surface area (Å²) in [4.78, 5) is 12.8. The van der Waals surface area contributed by atoms with E-state index >= 15 is 0 Å². The first-order valence-corrected chi connectivity index (χ1v) is 6.84. The molecule has 0 atom stereocenters. The minimum atomic E-state index is -0.930. The Morgan fingerprint density at radius 2 is 2.05 bits per heavy atom. The molecule has 1 fully saturated rings. The number of piperidine rings is 1. The highest BCUT2D eigenvalue weighted by Crippen LogP contribution is 2.36. The number of nitrogens with two attached hydrogens (primary N) is 1. The highest BCUT2D eigenvalue weighted by molar-refractivity contribution is 5.73. The summed E-state index contributed by atoms with van der Waals surface area (Å²) in [5.74, 6) is -1.69. The van der Waals surface area contributed by atoms with Crippen molar-refractivity contribution in [2.45, 2.75) is 24.7 Å². The molecule has 0 unspecified atom stereocenters. The maximum atomic E-state index is 14.0. The number of nitriles is 1. The molecular weight excluding hydrogens is 276 g/mol. The van der Waals surface area contributed by atoms with Crippen molar-refractivity contribution in [3.8, 4) is 6.07 Å². The molecule has 4 nitrogen and oxygen atoms in total. The molecule has 0 saturated carbocycles. The average molecular weight is 293 g/mol. The molecule has 0 aliphatic carbocycles. The van der Waals surface area contributed by atoms with Crippen LogP contribution in [0.25, 0.3) is 0 Å². The predicted molar refractivity (Wildman–Crippen MR) is 73.1 cm³/mol. The molecule has 1 aromatic carbocycles. The maximum absolute atomic E-state index is 14.0. The van der Waals surface area contributed by atoms with Crippen LogP contribution in [0.2, 0.25) is 0 Å². The Morgan fingerprint density at radius 1 is 1.38 bits per heavy atom. The Kier molecular flexibility index (Phi) is 4.53. The van der Waals surface area contributed by atoms with Gasteiger partial charge in [0.25, 0.3) is 0 Å². The number of carbonyl (C=O) groups is 1. The van der Waals surface area contributed by atoms with E-state index in [0.717, 1.165) is 6.07 Å². The van der Waals surface area contributed by atoms with Crippen LogP contribution in [-0.4, -0.2) is 30.4 Å². The Hall–Kier alpha value is -2.00. The lowest BCUT2D eigenvalue weighted by molar-refractivity contribution is -0.118. The third-order valence-corrected chi connectivity index (χ3v) is 4.04. The number of carbonyl (C=O) groups excluding carboxylic acids is 1. The van der Waals surface area contributed by atoms with Crippen LogP contribution in [0.5, 0.6) is 0 Å². The van der Waals surface area contributed by atoms with Gasteiger partial charge in [0.05, 0.1) is 11.5 Å². The van der Waals surface area contributed by atoms with E-state index in [1.165, 1.54) is 12.1 Å². The van der Waals surface area contributed by atoms with E-state index in [9.17, 15) is 18.8 Å². The first-order valence-electron chi connectivity index (χ1n) is 6.84. The van der Waals surface area contributed by atoms with Gasteiger partial charge in [0.1, 0.15) is 11.6 Å². The molecular formula is C15H17F2N3O. The van der Waals surface area contributed by atoms with Crippen LogP contribution in [0.3, 0.4) is 0 Å². The lowest BCUT2D eigenvalue weighted by Gasteiger charge is -2.37. The van der Waals surface area contributed by atoms with Gasteiger partial charge in [0.15, 0.2) is 0 Å². The number of likely N-dealkylation sites (tertiary alicyclic amines) is 1. The van der Waals surface area contributed by atoms with Crippen LogP contribution in [0.4, 0.5) is 8.78 Å². The number of primary amides is 1. The normalized spacial score (nSPS) is 18.1. The molecule has 112 valence electrons. The summed E-state index contributed by atoms with van der Waals surface area (Å²) in [6, 6.07) is 5.54. The molecule has 1 aromatic rings. The van der Waals surface area contributed by atoms with Crippen molar-refractivity contribution < 1.29 is 13.6 Å². The molecule has 2 N–H and O–H groups in total. The average Bonchev–Trinajstić information content (AvgIpc) is 2.46. The lowest BCUT2D eigenvalue weighted by Crippen LogP contribution is -2.43. The van der Waals surface area contributed by atoms with Gasteiger partial charge in [-0.15, -0.1) is 0 Å². The summed E-state index contributed by atoms with van der Waals surface area (Å²) in [7, 11) is 0. The summed E-state index contributed by atoms with van der Waals surface area (Å²) < 4.78 is 27.0. The standard InChI is InChI=1S/C15H17F2N3O/c16-11-1-2-12(13(17)9-11)15(10-18)4-7-20(8-5-15)6-3-14(19)21/h1-2,9H,3-8H2,(H2,19,21). The topological polar surface area (TPSA) is 70.1 Å². The SMILES string of the molecule is N#CC1(c2ccc(F)cc2F)CCN(CCC(N)=O)CC1. The van der Waals surface area contributed by atoms with Gasteiger partial charge >= 0.3 is 0 Å². The fraction of sp³-hybridized carbons (Fsp3) is 0.467. The molecule has 1 aliphatic rings. The number of benzene rings is 1. The van der Waals surface area contributed by atoms with Crippen molar-refractivity contribution >= 4 is 5.91 Å². The zero-order chi connectivity index (χ0) is 15.5. The lowest BCUT2D eigenvalue weighted by atomic mass is 9.73. The van der Waals surface area contributed by atoms with Crippen LogP contribution in [0.1, 0.15) is 24.8 Å². The van der Waals surface area contributed by atoms with Crippen molar-refractivity contribution in [1.82, 2.24) is 4.90 Å². The number of rotatable bonds is 4. The van der Waals surface area contributed by atoms with Gasteiger partial charge in [-0.05, 0) is 32.0 Å². The molecule has 1 aliphatic heterocycles. The van der Waals surface area contributed by atoms with Gasteiger partial charge < -0.3 is 10.6 Å². The zero-order valence-electron chi connectivity index (χ0n) is 11.6. The second-order valence-electron chi connectivity index (χ2n) is 5.38. The third kappa shape index (κ3) is 3.37. The summed E-state index contributed by atoms with van der Waals surface area (Å²) in [6.07, 6.45) is 1.17. The number of amides is 1. The van der Waals surface area contributed by atoms with E-state index in [0.29, 0.717) is 32.5 Å². The second kappa shape index (κ2) is 6.19. The number of nitrogens with zero attached hydrogens (tertiary/aromatic N) is 2. The van der Waals surface area contributed by atoms with Crippen LogP contribution >= 0.6 is 0 Å². The molecule has 0 aromatic heterocycles. The van der Waals surface area contributed by atoms with E-state index in [1.54, 1.807) is 0 Å². The molecule has 1 heterocycles. The highest BCUT2D eigenvalue weighted by atomic mass is 19.1. The van der Waals surface area contributed by atoms with Crippen LogP contribution in [-0.2, 0) is 10.2 Å². The molecule has 6 heteroatoms. The Labute approximate surface area is 122 Å². The Balaban J connectivity index is 2.11. The molecule has 1 amide bonds. The van der Waals surface area contributed by atoms with E-state index < -0.39 is 17.0 Å². The summed E-state index contributed by atoms with van der Waals surface area (Å²) in [6.45, 7) is 1.71. The minimum Gasteiger partial charge on any atom is -0.370 e. The Bertz CT molecular complexity index is 575. The number of halogens is 2. The van der Waals surface area contributed by atoms with Crippen molar-refractivity contribution in [2.75, 3.05) is 19.6 Å². The smallest absolute Gasteiger partial charge is 0.218 e. The third-order valence-electron chi connectivity index (χ3n) is 4.04. The van der Waals surface area contributed by atoms with Gasteiger partial charge in [0.2, 0.25) is 5.91 Å². The van der Waals surface area contributed by atoms with Gasteiger partial charge in [-0.1, -0.05) is 6.07 Å². The van der Waals surface area contributed by atoms with Gasteiger partial charge in [-0.3, -0.25) is 4.79 Å². The molecule has 0 bridgehead atoms. The number of hydrogen-bond acceptors (Lipinski definition) is 3. The summed E-state index contributed by atoms with van der Waals surface area (Å²) in [5, 5.41) is 9.49. The minimum absolute atomic E-state index is 0.251. The van der Waals surface area contributed by atoms with E-state index in [2.05, 4.69) is 6.07 Å². The second-order valence-corrected chi connectivity index (χ2v) is 5.38. The fourth-order valence-electron chi connectivity index (χ4n) is 2.75.